The van der Waals surface area contributed by atoms with Crippen LogP contribution in [0.4, 0.5) is 5.82 Å². The van der Waals surface area contributed by atoms with Gasteiger partial charge in [-0.05, 0) is 26.0 Å². The van der Waals surface area contributed by atoms with Crippen molar-refractivity contribution in [2.75, 3.05) is 11.9 Å². The van der Waals surface area contributed by atoms with Crippen LogP contribution in [0.3, 0.4) is 0 Å². The lowest BCUT2D eigenvalue weighted by Gasteiger charge is -2.22. The monoisotopic (exact) mass is 175 g/mol. The van der Waals surface area contributed by atoms with E-state index in [1.165, 1.54) is 0 Å². The maximum Gasteiger partial charge on any atom is 0.142 e. The minimum Gasteiger partial charge on any atom is -0.357 e. The second-order valence-corrected chi connectivity index (χ2v) is 3.20. The SMILES string of the molecule is CC(C)N(C)c1cccc(C#N)n1. The van der Waals surface area contributed by atoms with Crippen LogP contribution < -0.4 is 4.90 Å². The molecule has 0 saturated heterocycles. The minimum atomic E-state index is 0.390. The van der Waals surface area contributed by atoms with Gasteiger partial charge in [0, 0.05) is 13.1 Å². The molecule has 0 unspecified atom stereocenters. The van der Waals surface area contributed by atoms with Gasteiger partial charge >= 0.3 is 0 Å². The second kappa shape index (κ2) is 3.90. The average Bonchev–Trinajstić information content (AvgIpc) is 2.16. The first-order valence-corrected chi connectivity index (χ1v) is 4.25. The van der Waals surface area contributed by atoms with Crippen LogP contribution in [0.1, 0.15) is 19.5 Å². The van der Waals surface area contributed by atoms with E-state index < -0.39 is 0 Å². The van der Waals surface area contributed by atoms with E-state index >= 15 is 0 Å². The van der Waals surface area contributed by atoms with Crippen molar-refractivity contribution in [2.45, 2.75) is 19.9 Å². The normalized spacial score (nSPS) is 9.77. The van der Waals surface area contributed by atoms with E-state index in [0.717, 1.165) is 5.82 Å². The van der Waals surface area contributed by atoms with Crippen LogP contribution in [0.2, 0.25) is 0 Å². The molecular weight excluding hydrogens is 162 g/mol. The van der Waals surface area contributed by atoms with Gasteiger partial charge in [-0.1, -0.05) is 6.07 Å². The summed E-state index contributed by atoms with van der Waals surface area (Å²) in [7, 11) is 1.97. The van der Waals surface area contributed by atoms with Crippen molar-refractivity contribution < 1.29 is 0 Å². The molecule has 0 spiro atoms. The van der Waals surface area contributed by atoms with Gasteiger partial charge in [-0.15, -0.1) is 0 Å². The molecule has 0 aromatic carbocycles. The Kier molecular flexibility index (Phi) is 2.86. The molecule has 0 N–H and O–H groups in total. The van der Waals surface area contributed by atoms with Gasteiger partial charge < -0.3 is 4.90 Å². The van der Waals surface area contributed by atoms with Crippen molar-refractivity contribution in [3.05, 3.63) is 23.9 Å². The zero-order chi connectivity index (χ0) is 9.84. The van der Waals surface area contributed by atoms with E-state index in [4.69, 9.17) is 5.26 Å². The maximum absolute atomic E-state index is 8.65. The van der Waals surface area contributed by atoms with Crippen LogP contribution in [0.5, 0.6) is 0 Å². The first-order valence-electron chi connectivity index (χ1n) is 4.25. The molecule has 1 aromatic heterocycles. The molecule has 0 aliphatic carbocycles. The van der Waals surface area contributed by atoms with Crippen LogP contribution >= 0.6 is 0 Å². The third kappa shape index (κ3) is 2.19. The van der Waals surface area contributed by atoms with E-state index in [1.807, 2.05) is 30.1 Å². The topological polar surface area (TPSA) is 39.9 Å². The van der Waals surface area contributed by atoms with Crippen molar-refractivity contribution in [2.24, 2.45) is 0 Å². The van der Waals surface area contributed by atoms with Crippen LogP contribution in [-0.2, 0) is 0 Å². The summed E-state index contributed by atoms with van der Waals surface area (Å²) < 4.78 is 0. The van der Waals surface area contributed by atoms with Gasteiger partial charge in [0.25, 0.3) is 0 Å². The Morgan fingerprint density at radius 3 is 2.69 bits per heavy atom. The third-order valence-electron chi connectivity index (χ3n) is 1.98. The Bertz CT molecular complexity index is 325. The number of rotatable bonds is 2. The van der Waals surface area contributed by atoms with Gasteiger partial charge in [-0.2, -0.15) is 5.26 Å². The molecule has 0 atom stereocenters. The largest absolute Gasteiger partial charge is 0.357 e. The minimum absolute atomic E-state index is 0.390. The van der Waals surface area contributed by atoms with Crippen molar-refractivity contribution >= 4 is 5.82 Å². The van der Waals surface area contributed by atoms with Crippen molar-refractivity contribution in [3.63, 3.8) is 0 Å². The fraction of sp³-hybridized carbons (Fsp3) is 0.400. The van der Waals surface area contributed by atoms with Gasteiger partial charge in [-0.3, -0.25) is 0 Å². The number of hydrogen-bond donors (Lipinski definition) is 0. The lowest BCUT2D eigenvalue weighted by Crippen LogP contribution is -2.26. The highest BCUT2D eigenvalue weighted by Gasteiger charge is 2.05. The Morgan fingerprint density at radius 2 is 2.15 bits per heavy atom. The highest BCUT2D eigenvalue weighted by Crippen LogP contribution is 2.11. The molecule has 1 aromatic rings. The number of nitriles is 1. The van der Waals surface area contributed by atoms with Crippen molar-refractivity contribution in [3.8, 4) is 6.07 Å². The number of hydrogen-bond acceptors (Lipinski definition) is 3. The van der Waals surface area contributed by atoms with Crippen LogP contribution in [0, 0.1) is 11.3 Å². The van der Waals surface area contributed by atoms with Gasteiger partial charge in [-0.25, -0.2) is 4.98 Å². The Morgan fingerprint density at radius 1 is 1.46 bits per heavy atom. The standard InChI is InChI=1S/C10H13N3/c1-8(2)13(3)10-6-4-5-9(7-11)12-10/h4-6,8H,1-3H3. The molecule has 13 heavy (non-hydrogen) atoms. The highest BCUT2D eigenvalue weighted by molar-refractivity contribution is 5.41. The van der Waals surface area contributed by atoms with E-state index in [-0.39, 0.29) is 0 Å². The summed E-state index contributed by atoms with van der Waals surface area (Å²) in [6.45, 7) is 4.17. The van der Waals surface area contributed by atoms with Gasteiger partial charge in [0.2, 0.25) is 0 Å². The number of nitrogens with zero attached hydrogens (tertiary/aromatic N) is 3. The average molecular weight is 175 g/mol. The maximum atomic E-state index is 8.65. The van der Waals surface area contributed by atoms with E-state index in [1.54, 1.807) is 6.07 Å². The predicted octanol–water partition coefficient (Wildman–Crippen LogP) is 1.80. The van der Waals surface area contributed by atoms with Crippen LogP contribution in [-0.4, -0.2) is 18.1 Å². The van der Waals surface area contributed by atoms with Crippen LogP contribution in [0.15, 0.2) is 18.2 Å². The zero-order valence-corrected chi connectivity index (χ0v) is 8.15. The lowest BCUT2D eigenvalue weighted by molar-refractivity contribution is 0.743. The smallest absolute Gasteiger partial charge is 0.142 e. The molecule has 0 saturated carbocycles. The molecule has 3 nitrogen and oxygen atoms in total. The van der Waals surface area contributed by atoms with Gasteiger partial charge in [0.1, 0.15) is 17.6 Å². The summed E-state index contributed by atoms with van der Waals surface area (Å²) >= 11 is 0. The van der Waals surface area contributed by atoms with Crippen molar-refractivity contribution in [1.29, 1.82) is 5.26 Å². The second-order valence-electron chi connectivity index (χ2n) is 3.20. The lowest BCUT2D eigenvalue weighted by atomic mass is 10.3. The van der Waals surface area contributed by atoms with Crippen molar-refractivity contribution in [1.82, 2.24) is 4.98 Å². The quantitative estimate of drug-likeness (QED) is 0.688. The number of aromatic nitrogens is 1. The number of anilines is 1. The molecular formula is C10H13N3. The van der Waals surface area contributed by atoms with Crippen LogP contribution in [0.25, 0.3) is 0 Å². The van der Waals surface area contributed by atoms with E-state index in [2.05, 4.69) is 18.8 Å². The molecule has 68 valence electrons. The molecule has 0 fully saturated rings. The summed E-state index contributed by atoms with van der Waals surface area (Å²) in [4.78, 5) is 6.21. The summed E-state index contributed by atoms with van der Waals surface area (Å²) in [5, 5.41) is 8.65. The molecule has 1 rings (SSSR count). The first kappa shape index (κ1) is 9.53. The molecule has 3 heteroatoms. The Labute approximate surface area is 78.6 Å². The molecule has 0 aliphatic heterocycles. The molecule has 0 bridgehead atoms. The Hall–Kier alpha value is -1.56. The molecule has 1 heterocycles. The summed E-state index contributed by atoms with van der Waals surface area (Å²) in [6.07, 6.45) is 0. The molecule has 0 amide bonds. The molecule has 0 radical (unpaired) electrons. The molecule has 0 aliphatic rings. The predicted molar refractivity (Wildman–Crippen MR) is 52.5 cm³/mol. The third-order valence-corrected chi connectivity index (χ3v) is 1.98. The summed E-state index contributed by atoms with van der Waals surface area (Å²) in [5.74, 6) is 0.842. The fourth-order valence-electron chi connectivity index (χ4n) is 0.947. The van der Waals surface area contributed by atoms with E-state index in [0.29, 0.717) is 11.7 Å². The first-order chi connectivity index (χ1) is 6.15. The summed E-state index contributed by atoms with van der Waals surface area (Å²) in [5.41, 5.74) is 0.463. The highest BCUT2D eigenvalue weighted by atomic mass is 15.2. The summed E-state index contributed by atoms with van der Waals surface area (Å²) in [6, 6.07) is 7.87. The fourth-order valence-corrected chi connectivity index (χ4v) is 0.947. The Balaban J connectivity index is 2.96. The van der Waals surface area contributed by atoms with Gasteiger partial charge in [0.15, 0.2) is 0 Å². The zero-order valence-electron chi connectivity index (χ0n) is 8.15. The van der Waals surface area contributed by atoms with Gasteiger partial charge in [0.05, 0.1) is 0 Å². The number of pyridine rings is 1. The van der Waals surface area contributed by atoms with E-state index in [9.17, 15) is 0 Å².